The number of thioether (sulfide) groups is 1. The second kappa shape index (κ2) is 11.1. The molecule has 0 spiro atoms. The van der Waals surface area contributed by atoms with Gasteiger partial charge in [0.1, 0.15) is 17.5 Å². The Hall–Kier alpha value is -4.35. The van der Waals surface area contributed by atoms with E-state index in [1.54, 1.807) is 55.6 Å². The summed E-state index contributed by atoms with van der Waals surface area (Å²) in [6, 6.07) is 23.6. The Labute approximate surface area is 250 Å². The van der Waals surface area contributed by atoms with Gasteiger partial charge in [-0.3, -0.25) is 23.7 Å². The highest BCUT2D eigenvalue weighted by molar-refractivity contribution is 8.00. The molecular weight excluding hydrogens is 572 g/mol. The molecule has 11 heteroatoms. The van der Waals surface area contributed by atoms with Gasteiger partial charge in [-0.1, -0.05) is 53.4 Å². The molecule has 2 aliphatic rings. The molecular formula is C31H28N4O5S2. The van der Waals surface area contributed by atoms with Crippen molar-refractivity contribution in [3.8, 4) is 5.75 Å². The highest BCUT2D eigenvalue weighted by atomic mass is 32.2. The lowest BCUT2D eigenvalue weighted by molar-refractivity contribution is -0.122. The summed E-state index contributed by atoms with van der Waals surface area (Å²) in [5.41, 5.74) is 2.91. The van der Waals surface area contributed by atoms with Crippen LogP contribution < -0.4 is 24.7 Å². The molecule has 1 aromatic heterocycles. The Balaban J connectivity index is 1.39. The molecule has 2 aliphatic heterocycles. The molecule has 0 unspecified atom stereocenters. The van der Waals surface area contributed by atoms with Crippen molar-refractivity contribution < 1.29 is 19.1 Å². The second-order valence-electron chi connectivity index (χ2n) is 10.3. The molecule has 0 bridgehead atoms. The van der Waals surface area contributed by atoms with Gasteiger partial charge in [0.25, 0.3) is 0 Å². The molecule has 3 atom stereocenters. The van der Waals surface area contributed by atoms with E-state index in [1.165, 1.54) is 21.2 Å². The lowest BCUT2D eigenvalue weighted by atomic mass is 9.83. The van der Waals surface area contributed by atoms with Crippen LogP contribution in [0.5, 0.6) is 5.75 Å². The zero-order chi connectivity index (χ0) is 29.5. The Morgan fingerprint density at radius 1 is 0.929 bits per heavy atom. The molecule has 0 saturated carbocycles. The molecule has 1 N–H and O–H groups in total. The molecule has 42 heavy (non-hydrogen) atoms. The first kappa shape index (κ1) is 27.8. The predicted octanol–water partition coefficient (Wildman–Crippen LogP) is 4.42. The van der Waals surface area contributed by atoms with E-state index < -0.39 is 17.1 Å². The number of nitrogens with zero attached hydrogens (tertiary/aromatic N) is 3. The third-order valence-corrected chi connectivity index (χ3v) is 10.1. The number of anilines is 3. The number of imide groups is 1. The maximum absolute atomic E-state index is 14.0. The van der Waals surface area contributed by atoms with Crippen molar-refractivity contribution >= 4 is 57.9 Å². The van der Waals surface area contributed by atoms with E-state index in [0.29, 0.717) is 27.0 Å². The van der Waals surface area contributed by atoms with Crippen LogP contribution in [0, 0.1) is 5.92 Å². The minimum Gasteiger partial charge on any atom is -0.497 e. The van der Waals surface area contributed by atoms with Crippen molar-refractivity contribution in [2.45, 2.75) is 22.7 Å². The highest BCUT2D eigenvalue weighted by Crippen LogP contribution is 2.54. The van der Waals surface area contributed by atoms with Crippen LogP contribution in [0.2, 0.25) is 0 Å². The van der Waals surface area contributed by atoms with Crippen LogP contribution in [0.25, 0.3) is 0 Å². The standard InChI is InChI=1S/C31H28N4O5S2/c1-33(2)20-13-9-18(10-14-20)24-25-26(29(38)35(28(25)37)21-7-5-4-6-8-21)41-30-27(24)42-31(39)34(30)17-23(36)32-19-11-15-22(40-3)16-12-19/h4-16,24-26H,17H2,1-3H3,(H,32,36)/t24-,25-,26+/m0/s1. The van der Waals surface area contributed by atoms with Gasteiger partial charge in [-0.25, -0.2) is 4.90 Å². The van der Waals surface area contributed by atoms with Crippen molar-refractivity contribution in [2.24, 2.45) is 5.92 Å². The molecule has 1 saturated heterocycles. The lowest BCUT2D eigenvalue weighted by Crippen LogP contribution is -2.33. The summed E-state index contributed by atoms with van der Waals surface area (Å²) in [6.07, 6.45) is 0. The molecule has 0 aliphatic carbocycles. The maximum Gasteiger partial charge on any atom is 0.308 e. The van der Waals surface area contributed by atoms with Crippen molar-refractivity contribution in [2.75, 3.05) is 36.3 Å². The summed E-state index contributed by atoms with van der Waals surface area (Å²) >= 11 is 2.23. The minimum atomic E-state index is -0.742. The van der Waals surface area contributed by atoms with Gasteiger partial charge in [0, 0.05) is 36.3 Å². The van der Waals surface area contributed by atoms with Crippen molar-refractivity contribution in [3.63, 3.8) is 0 Å². The lowest BCUT2D eigenvalue weighted by Gasteiger charge is -2.31. The number of thiazole rings is 1. The summed E-state index contributed by atoms with van der Waals surface area (Å²) in [6.45, 7) is -0.224. The van der Waals surface area contributed by atoms with E-state index in [4.69, 9.17) is 4.74 Å². The first-order valence-electron chi connectivity index (χ1n) is 13.3. The number of para-hydroxylation sites is 1. The number of nitrogens with one attached hydrogen (secondary N) is 1. The smallest absolute Gasteiger partial charge is 0.308 e. The first-order valence-corrected chi connectivity index (χ1v) is 15.0. The minimum absolute atomic E-state index is 0.224. The van der Waals surface area contributed by atoms with Crippen LogP contribution in [0.3, 0.4) is 0 Å². The van der Waals surface area contributed by atoms with E-state index in [-0.39, 0.29) is 29.1 Å². The van der Waals surface area contributed by atoms with Crippen LogP contribution in [0.1, 0.15) is 16.4 Å². The number of fused-ring (bicyclic) bond motifs is 2. The van der Waals surface area contributed by atoms with Gasteiger partial charge in [-0.15, -0.1) is 0 Å². The van der Waals surface area contributed by atoms with Gasteiger partial charge in [-0.05, 0) is 54.1 Å². The largest absolute Gasteiger partial charge is 0.497 e. The zero-order valence-electron chi connectivity index (χ0n) is 23.1. The Kier molecular flexibility index (Phi) is 7.38. The molecule has 4 aromatic rings. The number of benzene rings is 3. The third-order valence-electron chi connectivity index (χ3n) is 7.51. The SMILES string of the molecule is COc1ccc(NC(=O)Cn2c3c(sc2=O)[C@@H](c2ccc(N(C)C)cc2)[C@@H]2C(=O)N(c4ccccc4)C(=O)[C@@H]2S3)cc1. The normalized spacial score (nSPS) is 19.3. The summed E-state index contributed by atoms with van der Waals surface area (Å²) in [4.78, 5) is 57.8. The van der Waals surface area contributed by atoms with Gasteiger partial charge in [0.05, 0.1) is 23.7 Å². The van der Waals surface area contributed by atoms with Crippen LogP contribution in [-0.4, -0.2) is 48.7 Å². The van der Waals surface area contributed by atoms with E-state index in [1.807, 2.05) is 49.3 Å². The number of hydrogen-bond acceptors (Lipinski definition) is 8. The topological polar surface area (TPSA) is 101 Å². The molecule has 1 fully saturated rings. The van der Waals surface area contributed by atoms with Crippen molar-refractivity contribution in [1.82, 2.24) is 4.57 Å². The van der Waals surface area contributed by atoms with Gasteiger partial charge >= 0.3 is 4.87 Å². The first-order chi connectivity index (χ1) is 20.3. The average Bonchev–Trinajstić information content (AvgIpc) is 3.44. The molecule has 3 heterocycles. The number of hydrogen-bond donors (Lipinski definition) is 1. The van der Waals surface area contributed by atoms with Crippen LogP contribution in [-0.2, 0) is 20.9 Å². The molecule has 9 nitrogen and oxygen atoms in total. The summed E-state index contributed by atoms with van der Waals surface area (Å²) in [5, 5.41) is 2.63. The number of amides is 3. The fraction of sp³-hybridized carbons (Fsp3) is 0.226. The summed E-state index contributed by atoms with van der Waals surface area (Å²) in [5.74, 6) is -1.55. The summed E-state index contributed by atoms with van der Waals surface area (Å²) in [7, 11) is 5.45. The van der Waals surface area contributed by atoms with Gasteiger partial charge in [-0.2, -0.15) is 0 Å². The van der Waals surface area contributed by atoms with E-state index in [9.17, 15) is 19.2 Å². The van der Waals surface area contributed by atoms with Gasteiger partial charge < -0.3 is 15.0 Å². The quantitative estimate of drug-likeness (QED) is 0.314. The number of methoxy groups -OCH3 is 1. The second-order valence-corrected chi connectivity index (χ2v) is 12.4. The van der Waals surface area contributed by atoms with Crippen LogP contribution in [0.15, 0.2) is 88.7 Å². The highest BCUT2D eigenvalue weighted by Gasteiger charge is 2.56. The Morgan fingerprint density at radius 3 is 2.26 bits per heavy atom. The van der Waals surface area contributed by atoms with E-state index >= 15 is 0 Å². The van der Waals surface area contributed by atoms with Gasteiger partial charge in [0.2, 0.25) is 17.7 Å². The number of carbonyl (C=O) groups excluding carboxylic acids is 3. The van der Waals surface area contributed by atoms with Crippen molar-refractivity contribution in [3.05, 3.63) is 99.0 Å². The van der Waals surface area contributed by atoms with Gasteiger partial charge in [0.15, 0.2) is 0 Å². The van der Waals surface area contributed by atoms with E-state index in [0.717, 1.165) is 22.6 Å². The predicted molar refractivity (Wildman–Crippen MR) is 165 cm³/mol. The fourth-order valence-corrected chi connectivity index (χ4v) is 8.22. The number of ether oxygens (including phenoxy) is 1. The molecule has 6 rings (SSSR count). The average molecular weight is 601 g/mol. The van der Waals surface area contributed by atoms with Crippen LogP contribution >= 0.6 is 23.1 Å². The zero-order valence-corrected chi connectivity index (χ0v) is 24.8. The number of carbonyl (C=O) groups is 3. The summed E-state index contributed by atoms with van der Waals surface area (Å²) < 4.78 is 6.59. The third kappa shape index (κ3) is 4.88. The maximum atomic E-state index is 14.0. The molecule has 3 aromatic carbocycles. The fourth-order valence-electron chi connectivity index (χ4n) is 5.44. The molecule has 214 valence electrons. The van der Waals surface area contributed by atoms with E-state index in [2.05, 4.69) is 5.32 Å². The Morgan fingerprint density at radius 2 is 1.62 bits per heavy atom. The molecule has 0 radical (unpaired) electrons. The van der Waals surface area contributed by atoms with Crippen LogP contribution in [0.4, 0.5) is 17.1 Å². The Bertz CT molecular complexity index is 1710. The number of rotatable bonds is 7. The van der Waals surface area contributed by atoms with Crippen molar-refractivity contribution in [1.29, 1.82) is 0 Å². The number of aromatic nitrogens is 1. The monoisotopic (exact) mass is 600 g/mol. The molecule has 3 amide bonds.